The first-order valence-electron chi connectivity index (χ1n) is 15.4. The molecule has 17 heteroatoms. The lowest BCUT2D eigenvalue weighted by Crippen LogP contribution is -2.48. The van der Waals surface area contributed by atoms with E-state index in [4.69, 9.17) is 24.7 Å². The number of nitrogens with one attached hydrogen (secondary N) is 1. The monoisotopic (exact) mass is 678 g/mol. The Kier molecular flexibility index (Phi) is 8.39. The topological polar surface area (TPSA) is 144 Å². The van der Waals surface area contributed by atoms with Crippen LogP contribution in [0.2, 0.25) is 0 Å². The number of alkyl halides is 3. The van der Waals surface area contributed by atoms with Crippen molar-refractivity contribution in [2.75, 3.05) is 19.7 Å². The van der Waals surface area contributed by atoms with Crippen LogP contribution in [-0.2, 0) is 30.6 Å². The fourth-order valence-electron chi connectivity index (χ4n) is 6.00. The number of aromatic amines is 1. The molecule has 7 rings (SSSR count). The quantitative estimate of drug-likeness (QED) is 0.182. The number of likely N-dealkylation sites (tertiary alicyclic amines) is 1. The zero-order valence-corrected chi connectivity index (χ0v) is 27.8. The van der Waals surface area contributed by atoms with E-state index in [1.807, 2.05) is 22.8 Å². The first-order valence-corrected chi connectivity index (χ1v) is 16.4. The van der Waals surface area contributed by atoms with E-state index in [9.17, 15) is 17.6 Å². The number of imidazole rings is 1. The number of aromatic nitrogens is 8. The number of benzene rings is 1. The molecule has 0 spiro atoms. The summed E-state index contributed by atoms with van der Waals surface area (Å²) in [6, 6.07) is 13.4. The molecule has 2 aliphatic rings. The standard InChI is InChI=1S/C31H30F4N10O2Si/c32-21-12-18(14-36)4-5-20(21)16-46-26-3-1-2-22(38-26)19-6-9-44(10-7-19)15-25-37-24-13-23(27-39-29(43-41-27)31(33,34)35)40-42-28(24)45(25)17-30(48)8-11-47-30/h1-5,12-13,19H,6-11,15-17H2,48H3,(H,39,41,43)/t30-/m1/s1. The fourth-order valence-corrected chi connectivity index (χ4v) is 6.72. The number of ether oxygens (including phenoxy) is 2. The van der Waals surface area contributed by atoms with Crippen molar-refractivity contribution in [2.24, 2.45) is 0 Å². The summed E-state index contributed by atoms with van der Waals surface area (Å²) in [5.74, 6) is -0.450. The van der Waals surface area contributed by atoms with Crippen LogP contribution in [0.5, 0.6) is 5.88 Å². The normalized spacial score (nSPS) is 19.0. The molecule has 0 unspecified atom stereocenters. The minimum atomic E-state index is -4.66. The van der Waals surface area contributed by atoms with Crippen LogP contribution in [0.15, 0.2) is 42.5 Å². The van der Waals surface area contributed by atoms with E-state index in [0.717, 1.165) is 54.1 Å². The molecule has 0 saturated carbocycles. The molecule has 5 aromatic rings. The van der Waals surface area contributed by atoms with E-state index >= 15 is 0 Å². The van der Waals surface area contributed by atoms with Gasteiger partial charge in [-0.3, -0.25) is 4.90 Å². The van der Waals surface area contributed by atoms with Crippen molar-refractivity contribution in [3.05, 3.63) is 76.8 Å². The number of halogens is 4. The van der Waals surface area contributed by atoms with Crippen LogP contribution in [0.4, 0.5) is 17.6 Å². The second-order valence-corrected chi connectivity index (χ2v) is 14.1. The van der Waals surface area contributed by atoms with Gasteiger partial charge in [0.25, 0.3) is 0 Å². The largest absolute Gasteiger partial charge is 0.473 e. The van der Waals surface area contributed by atoms with Gasteiger partial charge in [0.2, 0.25) is 11.7 Å². The van der Waals surface area contributed by atoms with Gasteiger partial charge in [-0.05, 0) is 56.6 Å². The molecular weight excluding hydrogens is 648 g/mol. The van der Waals surface area contributed by atoms with Crippen molar-refractivity contribution >= 4 is 21.4 Å². The predicted molar refractivity (Wildman–Crippen MR) is 166 cm³/mol. The predicted octanol–water partition coefficient (Wildman–Crippen LogP) is 3.48. The van der Waals surface area contributed by atoms with Gasteiger partial charge in [-0.15, -0.1) is 20.4 Å². The molecule has 4 aromatic heterocycles. The third-order valence-corrected chi connectivity index (χ3v) is 9.92. The lowest BCUT2D eigenvalue weighted by atomic mass is 9.93. The maximum atomic E-state index is 14.3. The Hall–Kier alpha value is -4.79. The summed E-state index contributed by atoms with van der Waals surface area (Å²) in [4.78, 5) is 14.0. The zero-order chi connectivity index (χ0) is 33.5. The first-order chi connectivity index (χ1) is 23.1. The second-order valence-electron chi connectivity index (χ2n) is 12.3. The van der Waals surface area contributed by atoms with E-state index in [-0.39, 0.29) is 34.8 Å². The molecule has 6 heterocycles. The summed E-state index contributed by atoms with van der Waals surface area (Å²) in [6.07, 6.45) is -2.02. The molecule has 48 heavy (non-hydrogen) atoms. The third-order valence-electron chi connectivity index (χ3n) is 8.82. The number of H-pyrrole nitrogens is 1. The van der Waals surface area contributed by atoms with Crippen molar-refractivity contribution in [3.8, 4) is 23.5 Å². The van der Waals surface area contributed by atoms with Crippen LogP contribution in [-0.4, -0.2) is 80.0 Å². The summed E-state index contributed by atoms with van der Waals surface area (Å²) < 4.78 is 67.3. The number of fused-ring (bicyclic) bond motifs is 1. The second kappa shape index (κ2) is 12.7. The highest BCUT2D eigenvalue weighted by Crippen LogP contribution is 2.32. The van der Waals surface area contributed by atoms with E-state index in [1.165, 1.54) is 6.07 Å². The number of rotatable bonds is 9. The Morgan fingerprint density at radius 1 is 1.08 bits per heavy atom. The van der Waals surface area contributed by atoms with Crippen LogP contribution in [0.25, 0.3) is 22.7 Å². The van der Waals surface area contributed by atoms with Crippen molar-refractivity contribution < 1.29 is 27.0 Å². The van der Waals surface area contributed by atoms with Crippen LogP contribution >= 0.6 is 0 Å². The maximum absolute atomic E-state index is 14.3. The van der Waals surface area contributed by atoms with Crippen LogP contribution < -0.4 is 4.74 Å². The van der Waals surface area contributed by atoms with Crippen LogP contribution in [0.1, 0.15) is 53.7 Å². The summed E-state index contributed by atoms with van der Waals surface area (Å²) in [6.45, 7) is 3.39. The molecule has 2 aliphatic heterocycles. The molecule has 12 nitrogen and oxygen atoms in total. The summed E-state index contributed by atoms with van der Waals surface area (Å²) in [5.41, 5.74) is 2.65. The average Bonchev–Trinajstić information content (AvgIpc) is 3.69. The third kappa shape index (κ3) is 6.63. The van der Waals surface area contributed by atoms with E-state index < -0.39 is 17.8 Å². The maximum Gasteiger partial charge on any atom is 0.451 e. The lowest BCUT2D eigenvalue weighted by molar-refractivity contribution is -0.144. The molecular formula is C31H30F4N10O2Si. The highest BCUT2D eigenvalue weighted by Gasteiger charge is 2.37. The molecule has 2 saturated heterocycles. The molecule has 0 amide bonds. The Balaban J connectivity index is 1.04. The van der Waals surface area contributed by atoms with Gasteiger partial charge in [0, 0.05) is 40.1 Å². The number of piperidine rings is 1. The number of nitrogens with zero attached hydrogens (tertiary/aromatic N) is 9. The van der Waals surface area contributed by atoms with Crippen LogP contribution in [0, 0.1) is 17.1 Å². The summed E-state index contributed by atoms with van der Waals surface area (Å²) in [5, 5.41) is 24.0. The lowest BCUT2D eigenvalue weighted by Gasteiger charge is -2.39. The fraction of sp³-hybridized carbons (Fsp3) is 0.387. The van der Waals surface area contributed by atoms with Gasteiger partial charge in [-0.2, -0.15) is 18.4 Å². The van der Waals surface area contributed by atoms with E-state index in [1.54, 1.807) is 24.3 Å². The van der Waals surface area contributed by atoms with Gasteiger partial charge < -0.3 is 19.0 Å². The van der Waals surface area contributed by atoms with Gasteiger partial charge in [-0.1, -0.05) is 12.1 Å². The molecule has 0 bridgehead atoms. The van der Waals surface area contributed by atoms with Gasteiger partial charge in [0.05, 0.1) is 29.9 Å². The van der Waals surface area contributed by atoms with Crippen LogP contribution in [0.3, 0.4) is 0 Å². The Bertz CT molecular complexity index is 2000. The smallest absolute Gasteiger partial charge is 0.451 e. The summed E-state index contributed by atoms with van der Waals surface area (Å²) >= 11 is 0. The molecule has 248 valence electrons. The zero-order valence-electron chi connectivity index (χ0n) is 25.8. The molecule has 1 N–H and O–H groups in total. The van der Waals surface area contributed by atoms with Crippen molar-refractivity contribution in [1.82, 2.24) is 44.8 Å². The summed E-state index contributed by atoms with van der Waals surface area (Å²) in [7, 11) is 0.808. The average molecular weight is 679 g/mol. The van der Waals surface area contributed by atoms with Gasteiger partial charge in [0.1, 0.15) is 29.5 Å². The first kappa shape index (κ1) is 31.8. The molecule has 1 atom stereocenters. The Morgan fingerprint density at radius 2 is 1.90 bits per heavy atom. The number of nitriles is 1. The van der Waals surface area contributed by atoms with Crippen molar-refractivity contribution in [3.63, 3.8) is 0 Å². The van der Waals surface area contributed by atoms with Gasteiger partial charge in [-0.25, -0.2) is 14.4 Å². The number of hydrogen-bond acceptors (Lipinski definition) is 10. The van der Waals surface area contributed by atoms with Gasteiger partial charge in [0.15, 0.2) is 11.5 Å². The van der Waals surface area contributed by atoms with Crippen molar-refractivity contribution in [1.29, 1.82) is 5.26 Å². The number of hydrogen-bond donors (Lipinski definition) is 1. The van der Waals surface area contributed by atoms with E-state index in [2.05, 4.69) is 30.3 Å². The SMILES string of the molecule is N#Cc1ccc(COc2cccc(C3CCN(Cc4nc5cc(-c6nnc(C(F)(F)F)[nH]6)nnc5n4C[C@]4([SiH3])CCO4)CC3)n2)c(F)c1. The molecule has 1 aromatic carbocycles. The highest BCUT2D eigenvalue weighted by atomic mass is 28.1. The minimum absolute atomic E-state index is 0.00111. The number of pyridine rings is 1. The van der Waals surface area contributed by atoms with E-state index in [0.29, 0.717) is 42.3 Å². The minimum Gasteiger partial charge on any atom is -0.473 e. The van der Waals surface area contributed by atoms with Gasteiger partial charge >= 0.3 is 6.18 Å². The highest BCUT2D eigenvalue weighted by molar-refractivity contribution is 6.15. The Morgan fingerprint density at radius 3 is 2.58 bits per heavy atom. The molecule has 0 aliphatic carbocycles. The molecule has 0 radical (unpaired) electrons. The molecule has 2 fully saturated rings. The van der Waals surface area contributed by atoms with Crippen molar-refractivity contribution in [2.45, 2.75) is 56.3 Å². The Labute approximate surface area is 274 Å².